The van der Waals surface area contributed by atoms with Gasteiger partial charge in [0, 0.05) is 12.8 Å². The van der Waals surface area contributed by atoms with E-state index in [1.807, 2.05) is 0 Å². The van der Waals surface area contributed by atoms with E-state index < -0.39 is 11.7 Å². The van der Waals surface area contributed by atoms with Crippen LogP contribution < -0.4 is 11.3 Å². The third kappa shape index (κ3) is 24.1. The minimum absolute atomic E-state index is 0.0401. The van der Waals surface area contributed by atoms with Crippen LogP contribution in [0, 0.1) is 0 Å². The molecule has 0 saturated heterocycles. The summed E-state index contributed by atoms with van der Waals surface area (Å²) in [5.41, 5.74) is 5.66. The highest BCUT2D eigenvalue weighted by Crippen LogP contribution is 2.12. The van der Waals surface area contributed by atoms with Gasteiger partial charge in [-0.05, 0) is 77.0 Å². The number of H-pyrrole nitrogens is 1. The summed E-state index contributed by atoms with van der Waals surface area (Å²) < 4.78 is 18.6. The molecular formula is C45H69N5O6. The van der Waals surface area contributed by atoms with Crippen molar-refractivity contribution in [3.63, 3.8) is 0 Å². The Kier molecular flexibility index (Phi) is 27.8. The lowest BCUT2D eigenvalue weighted by Crippen LogP contribution is -2.29. The van der Waals surface area contributed by atoms with Gasteiger partial charge in [-0.2, -0.15) is 4.98 Å². The van der Waals surface area contributed by atoms with Gasteiger partial charge in [0.25, 0.3) is 5.56 Å². The molecule has 0 aliphatic heterocycles. The van der Waals surface area contributed by atoms with Gasteiger partial charge in [-0.25, -0.2) is 4.98 Å². The third-order valence-corrected chi connectivity index (χ3v) is 8.87. The molecule has 0 fully saturated rings. The number of nitrogens with one attached hydrogen (secondary N) is 1. The van der Waals surface area contributed by atoms with Gasteiger partial charge in [-0.15, -0.1) is 0 Å². The van der Waals surface area contributed by atoms with Crippen molar-refractivity contribution in [1.29, 1.82) is 0 Å². The first kappa shape index (κ1) is 47.6. The first-order chi connectivity index (χ1) is 27.4. The fourth-order valence-corrected chi connectivity index (χ4v) is 5.69. The number of unbranched alkanes of at least 4 members (excludes halogenated alkanes) is 10. The zero-order chi connectivity index (χ0) is 40.3. The number of hydrogen-bond acceptors (Lipinski definition) is 9. The van der Waals surface area contributed by atoms with Gasteiger partial charge in [0.05, 0.1) is 6.33 Å². The molecule has 0 atom stereocenters. The molecule has 56 heavy (non-hydrogen) atoms. The summed E-state index contributed by atoms with van der Waals surface area (Å²) in [5.74, 6) is -0.674. The summed E-state index contributed by atoms with van der Waals surface area (Å²) in [6, 6.07) is 0. The Hall–Kier alpha value is -4.51. The third-order valence-electron chi connectivity index (χ3n) is 8.87. The van der Waals surface area contributed by atoms with Gasteiger partial charge < -0.3 is 19.9 Å². The van der Waals surface area contributed by atoms with Crippen LogP contribution in [0.25, 0.3) is 11.2 Å². The van der Waals surface area contributed by atoms with Crippen molar-refractivity contribution in [3.05, 3.63) is 89.6 Å². The van der Waals surface area contributed by atoms with Crippen LogP contribution in [0.5, 0.6) is 0 Å². The molecule has 310 valence electrons. The molecule has 2 aromatic heterocycles. The highest BCUT2D eigenvalue weighted by atomic mass is 16.6. The number of hydrogen-bond donors (Lipinski definition) is 2. The maximum atomic E-state index is 12.6. The highest BCUT2D eigenvalue weighted by molar-refractivity contribution is 5.70. The summed E-state index contributed by atoms with van der Waals surface area (Å²) in [6.45, 7) is 4.07. The quantitative estimate of drug-likeness (QED) is 0.0410. The molecule has 0 aliphatic carbocycles. The first-order valence-electron chi connectivity index (χ1n) is 21.0. The van der Waals surface area contributed by atoms with Crippen LogP contribution in [0.3, 0.4) is 0 Å². The topological polar surface area (TPSA) is 151 Å². The Morgan fingerprint density at radius 3 is 1.62 bits per heavy atom. The van der Waals surface area contributed by atoms with Gasteiger partial charge >= 0.3 is 11.9 Å². The standard InChI is InChI=1S/C45H69N5O6/c1-3-5-7-9-11-13-15-17-19-21-23-25-27-29-31-33-40(51)54-35-39(56-38-50-37-47-42-43(50)48-45(46)49-44(42)53)36-55-41(52)34-32-30-28-26-24-22-20-18-16-14-12-10-8-6-4-2/h5-8,11-14,17-20,37,39H,3-4,9-10,15-16,21-36,38H2,1-2H3,(H3,46,48,49,53). The van der Waals surface area contributed by atoms with E-state index in [4.69, 9.17) is 19.9 Å². The number of fused-ring (bicyclic) bond motifs is 1. The van der Waals surface area contributed by atoms with Crippen molar-refractivity contribution in [2.45, 2.75) is 155 Å². The molecule has 11 heteroatoms. The van der Waals surface area contributed by atoms with Gasteiger partial charge in [0.15, 0.2) is 11.2 Å². The Morgan fingerprint density at radius 1 is 0.679 bits per heavy atom. The number of nitrogen functional groups attached to an aromatic ring is 1. The second-order valence-corrected chi connectivity index (χ2v) is 13.8. The van der Waals surface area contributed by atoms with Crippen LogP contribution in [-0.2, 0) is 30.5 Å². The number of carbonyl (C=O) groups is 2. The van der Waals surface area contributed by atoms with Crippen LogP contribution >= 0.6 is 0 Å². The van der Waals surface area contributed by atoms with E-state index in [0.717, 1.165) is 116 Å². The number of ether oxygens (including phenoxy) is 3. The van der Waals surface area contributed by atoms with E-state index in [1.165, 1.54) is 10.9 Å². The smallest absolute Gasteiger partial charge is 0.305 e. The van der Waals surface area contributed by atoms with Gasteiger partial charge in [-0.3, -0.25) is 23.9 Å². The van der Waals surface area contributed by atoms with Crippen LogP contribution in [0.2, 0.25) is 0 Å². The Balaban J connectivity index is 1.67. The first-order valence-corrected chi connectivity index (χ1v) is 21.0. The molecule has 2 heterocycles. The molecule has 0 spiro atoms. The summed E-state index contributed by atoms with van der Waals surface area (Å²) in [5, 5.41) is 0. The van der Waals surface area contributed by atoms with Crippen molar-refractivity contribution in [2.75, 3.05) is 18.9 Å². The van der Waals surface area contributed by atoms with E-state index in [2.05, 4.69) is 102 Å². The number of nitrogens with two attached hydrogens (primary N) is 1. The maximum Gasteiger partial charge on any atom is 0.305 e. The average molecular weight is 776 g/mol. The maximum absolute atomic E-state index is 12.6. The summed E-state index contributed by atoms with van der Waals surface area (Å²) in [4.78, 5) is 48.0. The number of esters is 2. The number of carbonyl (C=O) groups excluding carboxylic acids is 2. The summed E-state index contributed by atoms with van der Waals surface area (Å²) in [6.07, 6.45) is 46.1. The molecule has 0 bridgehead atoms. The minimum Gasteiger partial charge on any atom is -0.463 e. The van der Waals surface area contributed by atoms with E-state index in [9.17, 15) is 14.4 Å². The number of anilines is 1. The van der Waals surface area contributed by atoms with Crippen LogP contribution in [-0.4, -0.2) is 50.8 Å². The monoisotopic (exact) mass is 776 g/mol. The van der Waals surface area contributed by atoms with Gasteiger partial charge in [-0.1, -0.05) is 125 Å². The van der Waals surface area contributed by atoms with Crippen molar-refractivity contribution < 1.29 is 23.8 Å². The van der Waals surface area contributed by atoms with Gasteiger partial charge in [0.1, 0.15) is 26.0 Å². The van der Waals surface area contributed by atoms with Crippen molar-refractivity contribution in [3.8, 4) is 0 Å². The number of imidazole rings is 1. The lowest BCUT2D eigenvalue weighted by Gasteiger charge is -2.18. The van der Waals surface area contributed by atoms with E-state index in [0.29, 0.717) is 12.8 Å². The zero-order valence-corrected chi connectivity index (χ0v) is 34.2. The summed E-state index contributed by atoms with van der Waals surface area (Å²) >= 11 is 0. The molecule has 3 N–H and O–H groups in total. The zero-order valence-electron chi connectivity index (χ0n) is 34.2. The van der Waals surface area contributed by atoms with Gasteiger partial charge in [0.2, 0.25) is 5.95 Å². The largest absolute Gasteiger partial charge is 0.463 e. The Morgan fingerprint density at radius 2 is 1.12 bits per heavy atom. The number of nitrogens with zero attached hydrogens (tertiary/aromatic N) is 3. The minimum atomic E-state index is -0.720. The molecule has 2 rings (SSSR count). The molecule has 0 unspecified atom stereocenters. The highest BCUT2D eigenvalue weighted by Gasteiger charge is 2.18. The van der Waals surface area contributed by atoms with Crippen LogP contribution in [0.4, 0.5) is 5.95 Å². The lowest BCUT2D eigenvalue weighted by atomic mass is 10.1. The normalized spacial score (nSPS) is 12.9. The number of aromatic nitrogens is 4. The summed E-state index contributed by atoms with van der Waals surface area (Å²) in [7, 11) is 0. The molecule has 2 aromatic rings. The second kappa shape index (κ2) is 32.7. The predicted molar refractivity (Wildman–Crippen MR) is 228 cm³/mol. The van der Waals surface area contributed by atoms with Crippen LogP contribution in [0.1, 0.15) is 142 Å². The number of allylic oxidation sites excluding steroid dienone is 12. The SMILES string of the molecule is CCC=CCC=CCC=CCCCCCCCC(=O)OCC(COC(=O)CCCCCCCC=CCC=CCC=CCC)OCn1cnc2c(=O)[nH]c(N)nc21. The van der Waals surface area contributed by atoms with Crippen molar-refractivity contribution in [1.82, 2.24) is 19.5 Å². The van der Waals surface area contributed by atoms with Crippen molar-refractivity contribution >= 4 is 29.1 Å². The molecule has 0 aliphatic rings. The van der Waals surface area contributed by atoms with E-state index >= 15 is 0 Å². The molecule has 0 amide bonds. The second-order valence-electron chi connectivity index (χ2n) is 13.8. The molecule has 11 nitrogen and oxygen atoms in total. The molecule has 0 aromatic carbocycles. The molecule has 0 saturated carbocycles. The number of aromatic amines is 1. The average Bonchev–Trinajstić information content (AvgIpc) is 3.60. The number of rotatable bonds is 33. The fraction of sp³-hybridized carbons (Fsp3) is 0.578. The molecule has 0 radical (unpaired) electrons. The Labute approximate surface area is 335 Å². The predicted octanol–water partition coefficient (Wildman–Crippen LogP) is 10.3. The fourth-order valence-electron chi connectivity index (χ4n) is 5.69. The van der Waals surface area contributed by atoms with E-state index in [-0.39, 0.29) is 49.0 Å². The van der Waals surface area contributed by atoms with Crippen LogP contribution in [0.15, 0.2) is 84.0 Å². The van der Waals surface area contributed by atoms with Crippen molar-refractivity contribution in [2.24, 2.45) is 0 Å². The van der Waals surface area contributed by atoms with E-state index in [1.54, 1.807) is 0 Å². The lowest BCUT2D eigenvalue weighted by molar-refractivity contribution is -0.157. The molecular weight excluding hydrogens is 707 g/mol. The Bertz CT molecular complexity index is 1520.